The maximum Gasteiger partial charge on any atom is 0.327 e. The van der Waals surface area contributed by atoms with Crippen molar-refractivity contribution in [1.82, 2.24) is 53.2 Å². The molecular weight excluding hydrogens is 1300 g/mol. The van der Waals surface area contributed by atoms with E-state index in [4.69, 9.17) is 68.8 Å². The number of primary amides is 1. The molecule has 0 aromatic heterocycles. The molecule has 0 rings (SSSR count). The summed E-state index contributed by atoms with van der Waals surface area (Å²) < 4.78 is 0. The number of unbranched alkanes of at least 4 members (excludes halogenated alkanes) is 4. The Kier molecular flexibility index (Phi) is 47.3. The zero-order valence-electron chi connectivity index (χ0n) is 56.5. The summed E-state index contributed by atoms with van der Waals surface area (Å²) in [5.74, 6) is -12.1. The van der Waals surface area contributed by atoms with Gasteiger partial charge in [-0.1, -0.05) is 39.5 Å². The lowest BCUT2D eigenvalue weighted by atomic mass is 10.0. The number of carbonyl (C=O) groups excluding carboxylic acids is 11. The molecule has 11 amide bonds. The molecule has 0 spiro atoms. The molecule has 39 nitrogen and oxygen atoms in total. The Bertz CT molecular complexity index is 2640. The molecule has 0 aliphatic carbocycles. The summed E-state index contributed by atoms with van der Waals surface area (Å²) in [7, 11) is 0. The number of amides is 11. The predicted molar refractivity (Wildman–Crippen MR) is 373 cm³/mol. The Morgan fingerprint density at radius 2 is 0.551 bits per heavy atom. The van der Waals surface area contributed by atoms with Gasteiger partial charge in [0, 0.05) is 38.4 Å². The van der Waals surface area contributed by atoms with Crippen molar-refractivity contribution in [2.75, 3.05) is 51.6 Å². The number of nitrogens with two attached hydrogens (primary N) is 12. The highest BCUT2D eigenvalue weighted by molar-refractivity contribution is 7.80. The maximum absolute atomic E-state index is 14.7. The van der Waals surface area contributed by atoms with Crippen molar-refractivity contribution in [3.05, 3.63) is 0 Å². The van der Waals surface area contributed by atoms with E-state index in [1.807, 2.05) is 13.8 Å². The monoisotopic (exact) mass is 1410 g/mol. The summed E-state index contributed by atoms with van der Waals surface area (Å²) in [4.78, 5) is 181. The third-order valence-corrected chi connectivity index (χ3v) is 15.1. The van der Waals surface area contributed by atoms with Crippen molar-refractivity contribution in [2.24, 2.45) is 88.8 Å². The number of carboxylic acid groups (broad SMARTS) is 1. The van der Waals surface area contributed by atoms with Crippen molar-refractivity contribution in [3.63, 3.8) is 0 Å². The van der Waals surface area contributed by atoms with Crippen molar-refractivity contribution in [2.45, 2.75) is 216 Å². The van der Waals surface area contributed by atoms with E-state index in [0.717, 1.165) is 0 Å². The van der Waals surface area contributed by atoms with Crippen LogP contribution in [0, 0.1) is 0 Å². The first-order valence-corrected chi connectivity index (χ1v) is 33.6. The second-order valence-electron chi connectivity index (χ2n) is 23.0. The number of rotatable bonds is 55. The van der Waals surface area contributed by atoms with Gasteiger partial charge in [0.15, 0.2) is 23.8 Å². The van der Waals surface area contributed by atoms with Gasteiger partial charge >= 0.3 is 5.97 Å². The molecule has 0 unspecified atom stereocenters. The van der Waals surface area contributed by atoms with Crippen LogP contribution in [0.2, 0.25) is 0 Å². The van der Waals surface area contributed by atoms with Crippen LogP contribution in [0.3, 0.4) is 0 Å². The number of aliphatic carboxylic acids is 1. The van der Waals surface area contributed by atoms with E-state index < -0.39 is 151 Å². The third-order valence-electron chi connectivity index (χ3n) is 14.7. The Morgan fingerprint density at radius 3 is 0.755 bits per heavy atom. The van der Waals surface area contributed by atoms with Gasteiger partial charge in [0.25, 0.3) is 0 Å². The molecule has 98 heavy (non-hydrogen) atoms. The number of nitrogens with zero attached hydrogens (tertiary/aromatic N) is 4. The number of hydrogen-bond donors (Lipinski definition) is 24. The average molecular weight is 1410 g/mol. The lowest BCUT2D eigenvalue weighted by Crippen LogP contribution is -2.60. The molecule has 40 heteroatoms. The molecule has 0 fully saturated rings. The van der Waals surface area contributed by atoms with Crippen LogP contribution in [-0.4, -0.2) is 212 Å². The van der Waals surface area contributed by atoms with Crippen LogP contribution in [0.4, 0.5) is 0 Å². The van der Waals surface area contributed by atoms with Gasteiger partial charge in [-0.25, -0.2) is 4.79 Å². The van der Waals surface area contributed by atoms with E-state index in [1.54, 1.807) is 0 Å². The fourth-order valence-electron chi connectivity index (χ4n) is 9.41. The summed E-state index contributed by atoms with van der Waals surface area (Å²) in [5.41, 5.74) is 66.8. The summed E-state index contributed by atoms with van der Waals surface area (Å²) in [6, 6.07) is -14.0. The lowest BCUT2D eigenvalue weighted by Gasteiger charge is -2.28. The summed E-state index contributed by atoms with van der Waals surface area (Å²) in [6.45, 7) is 3.69. The minimum Gasteiger partial charge on any atom is -0.480 e. The normalized spacial score (nSPS) is 13.9. The Balaban J connectivity index is 7.45. The van der Waals surface area contributed by atoms with Gasteiger partial charge in [-0.15, -0.1) is 0 Å². The topological polar surface area (TPSA) is 707 Å². The highest BCUT2D eigenvalue weighted by Crippen LogP contribution is 2.13. The van der Waals surface area contributed by atoms with Crippen LogP contribution < -0.4 is 122 Å². The quantitative estimate of drug-likeness (QED) is 0.0116. The molecule has 0 aromatic rings. The number of carbonyl (C=O) groups is 12. The molecule has 10 atom stereocenters. The number of nitrogens with one attached hydrogen (secondary N) is 10. The summed E-state index contributed by atoms with van der Waals surface area (Å²) in [6.07, 6.45) is 2.46. The molecule has 0 saturated carbocycles. The molecule has 0 aliphatic heterocycles. The van der Waals surface area contributed by atoms with Gasteiger partial charge in [-0.05, 0) is 122 Å². The molecule has 0 radical (unpaired) electrons. The molecular formula is C58H112N26O13S. The molecule has 558 valence electrons. The standard InChI is InChI=1S/C58H112N26O13S/c1-3-5-15-34(47(89)82-40(22-14-30-74-58(69)70)52(94)84-42(32-98)54(96)97)76-46(88)35(16-6-4-2)77-53(95)41(23-24-43(62)85)83-51(93)39(21-13-29-73-57(67)68)81-50(92)38(20-12-28-72-56(65)66)80-49(91)37(18-8-10-26-60)79-48(90)36(17-7-9-25-59)78-45(87)33(75-44(86)31-61)19-11-27-71-55(63)64/h33-42,98H,3-32,59-61H2,1-2H3,(H2,62,85)(H,75,86)(H,76,88)(H,77,95)(H,78,87)(H,79,90)(H,80,91)(H,81,92)(H,82,89)(H,83,93)(H,84,94)(H,96,97)(H4,63,64,71)(H4,65,66,72)(H4,67,68,73)(H4,69,70,74)/t33-,34-,35-,36-,37-,38-,39-,40-,41-,42-/m0/s1. The van der Waals surface area contributed by atoms with E-state index in [0.29, 0.717) is 44.9 Å². The maximum atomic E-state index is 14.7. The van der Waals surface area contributed by atoms with Crippen LogP contribution in [0.25, 0.3) is 0 Å². The fourth-order valence-corrected chi connectivity index (χ4v) is 9.66. The van der Waals surface area contributed by atoms with Crippen LogP contribution in [0.5, 0.6) is 0 Å². The fraction of sp³-hybridized carbons (Fsp3) is 0.724. The van der Waals surface area contributed by atoms with E-state index >= 15 is 0 Å². The SMILES string of the molecule is CCCC[C@H](NC(=O)[C@H](CCCC)NC(=O)[C@H](CCC(N)=O)NC(=O)[C@H](CCCN=C(N)N)NC(=O)[C@H](CCCN=C(N)N)NC(=O)[C@H](CCCCN)NC(=O)[C@H](CCCCN)NC(=O)[C@H](CCCN=C(N)N)NC(=O)CN)C(=O)N[C@@H](CCCN=C(N)N)C(=O)N[C@@H](CS)C(=O)O. The third kappa shape index (κ3) is 40.5. The van der Waals surface area contributed by atoms with Crippen molar-refractivity contribution in [3.8, 4) is 0 Å². The Labute approximate surface area is 577 Å². The molecule has 0 heterocycles. The number of aliphatic imine (C=N–C) groups is 4. The Morgan fingerprint density at radius 1 is 0.327 bits per heavy atom. The Hall–Kier alpha value is -9.05. The van der Waals surface area contributed by atoms with E-state index in [-0.39, 0.29) is 152 Å². The average Bonchev–Trinajstić information content (AvgIpc) is 0.883. The van der Waals surface area contributed by atoms with Crippen molar-refractivity contribution >= 4 is 107 Å². The first-order valence-electron chi connectivity index (χ1n) is 32.9. The summed E-state index contributed by atoms with van der Waals surface area (Å²) >= 11 is 4.01. The first-order chi connectivity index (χ1) is 46.5. The van der Waals surface area contributed by atoms with Crippen LogP contribution in [0.1, 0.15) is 155 Å². The van der Waals surface area contributed by atoms with Crippen LogP contribution in [0.15, 0.2) is 20.0 Å². The number of hydrogen-bond acceptors (Lipinski definition) is 20. The lowest BCUT2D eigenvalue weighted by molar-refractivity contribution is -0.141. The number of carboxylic acids is 1. The highest BCUT2D eigenvalue weighted by Gasteiger charge is 2.36. The minimum atomic E-state index is -1.63. The second-order valence-corrected chi connectivity index (χ2v) is 23.4. The van der Waals surface area contributed by atoms with Gasteiger partial charge in [-0.3, -0.25) is 72.7 Å². The van der Waals surface area contributed by atoms with Gasteiger partial charge in [0.05, 0.1) is 6.54 Å². The van der Waals surface area contributed by atoms with E-state index in [2.05, 4.69) is 85.8 Å². The highest BCUT2D eigenvalue weighted by atomic mass is 32.1. The van der Waals surface area contributed by atoms with Gasteiger partial charge in [0.2, 0.25) is 65.0 Å². The zero-order valence-corrected chi connectivity index (χ0v) is 57.4. The summed E-state index contributed by atoms with van der Waals surface area (Å²) in [5, 5.41) is 35.6. The molecule has 0 aromatic carbocycles. The molecule has 0 bridgehead atoms. The second kappa shape index (κ2) is 52.1. The van der Waals surface area contributed by atoms with E-state index in [1.165, 1.54) is 0 Å². The molecule has 0 saturated heterocycles. The first kappa shape index (κ1) is 89.0. The predicted octanol–water partition coefficient (Wildman–Crippen LogP) is -8.07. The smallest absolute Gasteiger partial charge is 0.327 e. The molecule has 0 aliphatic rings. The van der Waals surface area contributed by atoms with Gasteiger partial charge < -0.3 is 127 Å². The van der Waals surface area contributed by atoms with Crippen LogP contribution >= 0.6 is 12.6 Å². The zero-order chi connectivity index (χ0) is 74.1. The van der Waals surface area contributed by atoms with Gasteiger partial charge in [-0.2, -0.15) is 12.6 Å². The van der Waals surface area contributed by atoms with Crippen LogP contribution in [-0.2, 0) is 57.5 Å². The molecule has 35 N–H and O–H groups in total. The number of guanidine groups is 4. The van der Waals surface area contributed by atoms with E-state index in [9.17, 15) is 62.6 Å². The van der Waals surface area contributed by atoms with Crippen molar-refractivity contribution < 1.29 is 62.6 Å². The van der Waals surface area contributed by atoms with Gasteiger partial charge in [0.1, 0.15) is 60.4 Å². The largest absolute Gasteiger partial charge is 0.480 e. The minimum absolute atomic E-state index is 0.00729. The number of thiol groups is 1. The van der Waals surface area contributed by atoms with Crippen molar-refractivity contribution in [1.29, 1.82) is 0 Å².